The van der Waals surface area contributed by atoms with Crippen LogP contribution in [0.1, 0.15) is 24.4 Å². The minimum atomic E-state index is -4.37. The molecule has 0 N–H and O–H groups in total. The number of halogens is 3. The summed E-state index contributed by atoms with van der Waals surface area (Å²) in [6, 6.07) is 7.68. The van der Waals surface area contributed by atoms with Crippen LogP contribution in [0.4, 0.5) is 19.0 Å². The SMILES string of the molecule is Cn1cc(-c2ccc(N3CCC(n4ncc5ccc(C(F)(F)F)cc54)CC3)nn2)cn1. The minimum absolute atomic E-state index is 0.0415. The summed E-state index contributed by atoms with van der Waals surface area (Å²) in [7, 11) is 1.85. The molecule has 0 amide bonds. The molecule has 0 atom stereocenters. The average molecular weight is 427 g/mol. The Balaban J connectivity index is 1.30. The van der Waals surface area contributed by atoms with Crippen LogP contribution in [0.5, 0.6) is 0 Å². The van der Waals surface area contributed by atoms with E-state index in [0.717, 1.165) is 49.1 Å². The number of fused-ring (bicyclic) bond motifs is 1. The average Bonchev–Trinajstić information content (AvgIpc) is 3.39. The highest BCUT2D eigenvalue weighted by atomic mass is 19.4. The number of piperidine rings is 1. The van der Waals surface area contributed by atoms with Crippen molar-refractivity contribution in [3.8, 4) is 11.3 Å². The number of alkyl halides is 3. The Morgan fingerprint density at radius 2 is 1.77 bits per heavy atom. The molecule has 31 heavy (non-hydrogen) atoms. The van der Waals surface area contributed by atoms with Crippen LogP contribution in [0.3, 0.4) is 0 Å². The fraction of sp³-hybridized carbons (Fsp3) is 0.333. The van der Waals surface area contributed by atoms with Crippen molar-refractivity contribution >= 4 is 16.7 Å². The third kappa shape index (κ3) is 3.73. The minimum Gasteiger partial charge on any atom is -0.355 e. The summed E-state index contributed by atoms with van der Waals surface area (Å²) in [6.07, 6.45) is 2.41. The van der Waals surface area contributed by atoms with Gasteiger partial charge in [0.05, 0.1) is 35.2 Å². The smallest absolute Gasteiger partial charge is 0.355 e. The second-order valence-corrected chi connectivity index (χ2v) is 7.76. The molecule has 0 unspecified atom stereocenters. The Labute approximate surface area is 176 Å². The van der Waals surface area contributed by atoms with E-state index in [2.05, 4.69) is 25.3 Å². The van der Waals surface area contributed by atoms with E-state index in [1.807, 2.05) is 25.4 Å². The first-order chi connectivity index (χ1) is 14.9. The summed E-state index contributed by atoms with van der Waals surface area (Å²) in [6.45, 7) is 1.46. The normalized spacial score (nSPS) is 15.7. The maximum absolute atomic E-state index is 13.1. The number of rotatable bonds is 3. The molecule has 5 rings (SSSR count). The van der Waals surface area contributed by atoms with Gasteiger partial charge in [-0.3, -0.25) is 9.36 Å². The Bertz CT molecular complexity index is 1200. The predicted octanol–water partition coefficient (Wildman–Crippen LogP) is 4.09. The largest absolute Gasteiger partial charge is 0.416 e. The Morgan fingerprint density at radius 1 is 0.968 bits per heavy atom. The highest BCUT2D eigenvalue weighted by Crippen LogP contribution is 2.33. The van der Waals surface area contributed by atoms with Crippen molar-refractivity contribution < 1.29 is 13.2 Å². The number of benzene rings is 1. The zero-order valence-electron chi connectivity index (χ0n) is 16.8. The maximum atomic E-state index is 13.1. The van der Waals surface area contributed by atoms with E-state index in [1.54, 1.807) is 21.8 Å². The summed E-state index contributed by atoms with van der Waals surface area (Å²) in [5, 5.41) is 17.9. The molecule has 160 valence electrons. The van der Waals surface area contributed by atoms with Gasteiger partial charge < -0.3 is 4.90 Å². The summed E-state index contributed by atoms with van der Waals surface area (Å²) < 4.78 is 42.8. The molecule has 1 saturated heterocycles. The first kappa shape index (κ1) is 19.5. The molecule has 0 bridgehead atoms. The van der Waals surface area contributed by atoms with Crippen molar-refractivity contribution in [3.05, 3.63) is 54.5 Å². The number of aromatic nitrogens is 6. The van der Waals surface area contributed by atoms with Crippen molar-refractivity contribution in [2.45, 2.75) is 25.1 Å². The van der Waals surface area contributed by atoms with Gasteiger partial charge >= 0.3 is 6.18 Å². The molecule has 3 aromatic heterocycles. The van der Waals surface area contributed by atoms with Crippen molar-refractivity contribution in [2.75, 3.05) is 18.0 Å². The second-order valence-electron chi connectivity index (χ2n) is 7.76. The van der Waals surface area contributed by atoms with Gasteiger partial charge in [-0.05, 0) is 37.1 Å². The van der Waals surface area contributed by atoms with E-state index in [1.165, 1.54) is 12.1 Å². The second kappa shape index (κ2) is 7.36. The summed E-state index contributed by atoms with van der Waals surface area (Å²) in [5.41, 5.74) is 1.54. The van der Waals surface area contributed by atoms with E-state index in [9.17, 15) is 13.2 Å². The third-order valence-corrected chi connectivity index (χ3v) is 5.71. The van der Waals surface area contributed by atoms with Crippen LogP contribution in [0.15, 0.2) is 48.9 Å². The van der Waals surface area contributed by atoms with Gasteiger partial charge in [-0.2, -0.15) is 23.4 Å². The fourth-order valence-corrected chi connectivity index (χ4v) is 4.05. The molecular weight excluding hydrogens is 407 g/mol. The number of hydrogen-bond donors (Lipinski definition) is 0. The van der Waals surface area contributed by atoms with Gasteiger partial charge in [-0.25, -0.2) is 0 Å². The van der Waals surface area contributed by atoms with Crippen LogP contribution in [0.2, 0.25) is 0 Å². The molecular formula is C21H20F3N7. The molecule has 1 aromatic carbocycles. The van der Waals surface area contributed by atoms with Crippen LogP contribution in [-0.4, -0.2) is 42.8 Å². The predicted molar refractivity (Wildman–Crippen MR) is 109 cm³/mol. The number of aryl methyl sites for hydroxylation is 1. The summed E-state index contributed by atoms with van der Waals surface area (Å²) in [4.78, 5) is 2.14. The number of anilines is 1. The van der Waals surface area contributed by atoms with Crippen LogP contribution >= 0.6 is 0 Å². The third-order valence-electron chi connectivity index (χ3n) is 5.71. The molecule has 4 heterocycles. The fourth-order valence-electron chi connectivity index (χ4n) is 4.05. The highest BCUT2D eigenvalue weighted by molar-refractivity contribution is 5.79. The zero-order chi connectivity index (χ0) is 21.6. The van der Waals surface area contributed by atoms with E-state index in [4.69, 9.17) is 0 Å². The van der Waals surface area contributed by atoms with E-state index in [-0.39, 0.29) is 6.04 Å². The lowest BCUT2D eigenvalue weighted by Crippen LogP contribution is -2.35. The van der Waals surface area contributed by atoms with Crippen LogP contribution in [0.25, 0.3) is 22.2 Å². The van der Waals surface area contributed by atoms with Gasteiger partial charge in [0.1, 0.15) is 0 Å². The van der Waals surface area contributed by atoms with Gasteiger partial charge in [-0.1, -0.05) is 6.07 Å². The molecule has 1 fully saturated rings. The highest BCUT2D eigenvalue weighted by Gasteiger charge is 2.31. The van der Waals surface area contributed by atoms with Crippen LogP contribution in [0, 0.1) is 0 Å². The molecule has 4 aromatic rings. The molecule has 10 heteroatoms. The van der Waals surface area contributed by atoms with Gasteiger partial charge in [0.15, 0.2) is 5.82 Å². The Hall–Kier alpha value is -3.43. The van der Waals surface area contributed by atoms with Gasteiger partial charge in [-0.15, -0.1) is 10.2 Å². The van der Waals surface area contributed by atoms with Gasteiger partial charge in [0.25, 0.3) is 0 Å². The lowest BCUT2D eigenvalue weighted by molar-refractivity contribution is -0.137. The molecule has 7 nitrogen and oxygen atoms in total. The van der Waals surface area contributed by atoms with Crippen LogP contribution < -0.4 is 4.90 Å². The van der Waals surface area contributed by atoms with E-state index >= 15 is 0 Å². The lowest BCUT2D eigenvalue weighted by atomic mass is 10.0. The zero-order valence-corrected chi connectivity index (χ0v) is 16.8. The molecule has 0 radical (unpaired) electrons. The number of hydrogen-bond acceptors (Lipinski definition) is 5. The monoisotopic (exact) mass is 427 g/mol. The van der Waals surface area contributed by atoms with Crippen molar-refractivity contribution in [3.63, 3.8) is 0 Å². The van der Waals surface area contributed by atoms with Crippen LogP contribution in [-0.2, 0) is 13.2 Å². The Morgan fingerprint density at radius 3 is 2.42 bits per heavy atom. The summed E-state index contributed by atoms with van der Waals surface area (Å²) >= 11 is 0. The first-order valence-electron chi connectivity index (χ1n) is 10.0. The quantitative estimate of drug-likeness (QED) is 0.493. The van der Waals surface area contributed by atoms with Crippen molar-refractivity contribution in [1.82, 2.24) is 29.8 Å². The van der Waals surface area contributed by atoms with Gasteiger partial charge in [0.2, 0.25) is 0 Å². The van der Waals surface area contributed by atoms with Gasteiger partial charge in [0, 0.05) is 37.3 Å². The maximum Gasteiger partial charge on any atom is 0.416 e. The number of nitrogens with zero attached hydrogens (tertiary/aromatic N) is 7. The standard InChI is InChI=1S/C21H20F3N7/c1-29-13-15(12-25-29)18-4-5-20(28-27-18)30-8-6-17(7-9-30)31-19-10-16(21(22,23)24)3-2-14(19)11-26-31/h2-5,10-13,17H,6-9H2,1H3. The Kier molecular flexibility index (Phi) is 4.64. The first-order valence-corrected chi connectivity index (χ1v) is 10.0. The van der Waals surface area contributed by atoms with E-state index < -0.39 is 11.7 Å². The summed E-state index contributed by atoms with van der Waals surface area (Å²) in [5.74, 6) is 0.788. The van der Waals surface area contributed by atoms with Crippen molar-refractivity contribution in [1.29, 1.82) is 0 Å². The molecule has 0 aliphatic carbocycles. The molecule has 1 aliphatic rings. The molecule has 1 aliphatic heterocycles. The lowest BCUT2D eigenvalue weighted by Gasteiger charge is -2.33. The molecule has 0 saturated carbocycles. The molecule has 0 spiro atoms. The van der Waals surface area contributed by atoms with Crippen molar-refractivity contribution in [2.24, 2.45) is 7.05 Å². The topological polar surface area (TPSA) is 64.7 Å². The van der Waals surface area contributed by atoms with E-state index in [0.29, 0.717) is 10.9 Å².